The first-order valence-electron chi connectivity index (χ1n) is 13.4. The number of aldehydes is 1. The second-order valence-corrected chi connectivity index (χ2v) is 10.7. The van der Waals surface area contributed by atoms with Crippen LogP contribution in [0.2, 0.25) is 0 Å². The van der Waals surface area contributed by atoms with E-state index in [2.05, 4.69) is 44.3 Å². The molecule has 0 N–H and O–H groups in total. The minimum Gasteiger partial charge on any atom is -0.493 e. The minimum absolute atomic E-state index is 0.317. The lowest BCUT2D eigenvalue weighted by Crippen LogP contribution is -2.48. The molecule has 1 amide bonds. The van der Waals surface area contributed by atoms with Crippen LogP contribution in [-0.4, -0.2) is 102 Å². The van der Waals surface area contributed by atoms with E-state index >= 15 is 0 Å². The molecule has 0 unspecified atom stereocenters. The molecule has 208 valence electrons. The molecule has 0 spiro atoms. The lowest BCUT2D eigenvalue weighted by molar-refractivity contribution is 0.111. The van der Waals surface area contributed by atoms with Crippen LogP contribution in [0, 0.1) is 0 Å². The summed E-state index contributed by atoms with van der Waals surface area (Å²) >= 11 is 1.79. The topological polar surface area (TPSA) is 74.8 Å². The average molecular weight is 553 g/mol. The van der Waals surface area contributed by atoms with Crippen LogP contribution in [0.5, 0.6) is 11.5 Å². The van der Waals surface area contributed by atoms with Crippen LogP contribution in [0.1, 0.15) is 16.8 Å². The van der Waals surface area contributed by atoms with Gasteiger partial charge in [0.15, 0.2) is 17.8 Å². The quantitative estimate of drug-likeness (QED) is 0.289. The van der Waals surface area contributed by atoms with Crippen molar-refractivity contribution in [1.82, 2.24) is 9.80 Å². The Morgan fingerprint density at radius 1 is 0.974 bits per heavy atom. The van der Waals surface area contributed by atoms with Crippen LogP contribution in [0.15, 0.2) is 41.8 Å². The molecular formula is C29H36N4O5S. The maximum Gasteiger partial charge on any atom is 0.409 e. The molecule has 39 heavy (non-hydrogen) atoms. The van der Waals surface area contributed by atoms with E-state index in [0.29, 0.717) is 49.8 Å². The molecule has 0 bridgehead atoms. The van der Waals surface area contributed by atoms with Crippen molar-refractivity contribution < 1.29 is 23.8 Å². The number of carbonyl (C=O) groups is 2. The monoisotopic (exact) mass is 552 g/mol. The number of benzene rings is 2. The molecule has 5 rings (SSSR count). The van der Waals surface area contributed by atoms with Gasteiger partial charge >= 0.3 is 6.09 Å². The van der Waals surface area contributed by atoms with Gasteiger partial charge in [-0.15, -0.1) is 11.3 Å². The maximum atomic E-state index is 12.0. The number of methoxy groups -OCH3 is 2. The molecule has 3 aromatic rings. The third-order valence-electron chi connectivity index (χ3n) is 7.54. The van der Waals surface area contributed by atoms with E-state index < -0.39 is 0 Å². The van der Waals surface area contributed by atoms with Gasteiger partial charge in [0.05, 0.1) is 26.4 Å². The van der Waals surface area contributed by atoms with Gasteiger partial charge in [0.2, 0.25) is 0 Å². The standard InChI is InChI=1S/C29H36N4O5S/c1-36-26-20-23(31-13-15-33(16-14-31)29(35)37-2)19-22(21-34)28(26)38-17-4-8-30-9-11-32(12-10-30)25-5-3-6-27-24(25)7-18-39-27/h3,5-7,18-21H,4,8-17H2,1-2H3. The van der Waals surface area contributed by atoms with E-state index in [0.717, 1.165) is 51.1 Å². The molecule has 9 nitrogen and oxygen atoms in total. The van der Waals surface area contributed by atoms with Gasteiger partial charge in [-0.1, -0.05) is 6.07 Å². The summed E-state index contributed by atoms with van der Waals surface area (Å²) in [5.41, 5.74) is 2.68. The fourth-order valence-corrected chi connectivity index (χ4v) is 6.20. The molecule has 1 aromatic heterocycles. The molecule has 0 saturated carbocycles. The molecule has 0 radical (unpaired) electrons. The SMILES string of the molecule is COC(=O)N1CCN(c2cc(C=O)c(OCCCN3CCN(c4cccc5sccc45)CC3)c(OC)c2)CC1. The summed E-state index contributed by atoms with van der Waals surface area (Å²) < 4.78 is 17.9. The minimum atomic E-state index is -0.317. The van der Waals surface area contributed by atoms with Crippen molar-refractivity contribution in [2.75, 3.05) is 89.5 Å². The normalized spacial score (nSPS) is 16.4. The summed E-state index contributed by atoms with van der Waals surface area (Å²) in [5.74, 6) is 1.03. The number of amides is 1. The van der Waals surface area contributed by atoms with Crippen LogP contribution < -0.4 is 19.3 Å². The summed E-state index contributed by atoms with van der Waals surface area (Å²) in [6, 6.07) is 12.5. The number of ether oxygens (including phenoxy) is 3. The summed E-state index contributed by atoms with van der Waals surface area (Å²) in [5, 5.41) is 3.51. The van der Waals surface area contributed by atoms with Gasteiger partial charge in [-0.25, -0.2) is 4.79 Å². The largest absolute Gasteiger partial charge is 0.493 e. The maximum absolute atomic E-state index is 12.0. The number of fused-ring (bicyclic) bond motifs is 1. The molecule has 2 fully saturated rings. The zero-order valence-electron chi connectivity index (χ0n) is 22.6. The fourth-order valence-electron chi connectivity index (χ4n) is 5.39. The Bertz CT molecular complexity index is 1280. The highest BCUT2D eigenvalue weighted by atomic mass is 32.1. The predicted octanol–water partition coefficient (Wildman–Crippen LogP) is 4.20. The Hall–Kier alpha value is -3.50. The number of hydrogen-bond donors (Lipinski definition) is 0. The Morgan fingerprint density at radius 3 is 2.46 bits per heavy atom. The number of rotatable bonds is 9. The summed E-state index contributed by atoms with van der Waals surface area (Å²) in [6.07, 6.45) is 1.36. The van der Waals surface area contributed by atoms with Crippen molar-refractivity contribution in [2.24, 2.45) is 0 Å². The van der Waals surface area contributed by atoms with E-state index in [1.54, 1.807) is 23.3 Å². The Morgan fingerprint density at radius 2 is 1.74 bits per heavy atom. The number of anilines is 2. The second kappa shape index (κ2) is 12.6. The zero-order chi connectivity index (χ0) is 27.2. The molecule has 0 atom stereocenters. The summed E-state index contributed by atoms with van der Waals surface area (Å²) in [7, 11) is 2.98. The van der Waals surface area contributed by atoms with Crippen LogP contribution in [0.3, 0.4) is 0 Å². The van der Waals surface area contributed by atoms with Crippen molar-refractivity contribution in [3.8, 4) is 11.5 Å². The highest BCUT2D eigenvalue weighted by Gasteiger charge is 2.24. The van der Waals surface area contributed by atoms with Gasteiger partial charge < -0.3 is 28.9 Å². The smallest absolute Gasteiger partial charge is 0.409 e. The molecule has 10 heteroatoms. The Labute approximate surface area is 233 Å². The average Bonchev–Trinajstić information content (AvgIpc) is 3.48. The molecular weight excluding hydrogens is 516 g/mol. The molecule has 0 aliphatic carbocycles. The van der Waals surface area contributed by atoms with Crippen molar-refractivity contribution in [3.63, 3.8) is 0 Å². The first-order valence-corrected chi connectivity index (χ1v) is 14.3. The van der Waals surface area contributed by atoms with Crippen LogP contribution in [0.4, 0.5) is 16.2 Å². The highest BCUT2D eigenvalue weighted by molar-refractivity contribution is 7.17. The fraction of sp³-hybridized carbons (Fsp3) is 0.448. The van der Waals surface area contributed by atoms with Crippen molar-refractivity contribution >= 4 is 45.2 Å². The van der Waals surface area contributed by atoms with E-state index in [1.807, 2.05) is 12.1 Å². The summed E-state index contributed by atoms with van der Waals surface area (Å²) in [4.78, 5) is 32.5. The summed E-state index contributed by atoms with van der Waals surface area (Å²) in [6.45, 7) is 7.90. The van der Waals surface area contributed by atoms with E-state index in [4.69, 9.17) is 14.2 Å². The molecule has 3 heterocycles. The number of hydrogen-bond acceptors (Lipinski definition) is 9. The lowest BCUT2D eigenvalue weighted by atomic mass is 10.1. The first kappa shape index (κ1) is 27.1. The third-order valence-corrected chi connectivity index (χ3v) is 8.43. The van der Waals surface area contributed by atoms with Gasteiger partial charge in [-0.05, 0) is 36.1 Å². The van der Waals surface area contributed by atoms with Crippen LogP contribution in [-0.2, 0) is 4.74 Å². The lowest BCUT2D eigenvalue weighted by Gasteiger charge is -2.36. The number of thiophene rings is 1. The van der Waals surface area contributed by atoms with E-state index in [9.17, 15) is 9.59 Å². The molecule has 2 aliphatic rings. The first-order chi connectivity index (χ1) is 19.1. The van der Waals surface area contributed by atoms with E-state index in [1.165, 1.54) is 22.9 Å². The Balaban J connectivity index is 1.12. The third kappa shape index (κ3) is 6.07. The van der Waals surface area contributed by atoms with Crippen molar-refractivity contribution in [1.29, 1.82) is 0 Å². The highest BCUT2D eigenvalue weighted by Crippen LogP contribution is 2.36. The predicted molar refractivity (Wildman–Crippen MR) is 155 cm³/mol. The van der Waals surface area contributed by atoms with Gasteiger partial charge in [0.25, 0.3) is 0 Å². The molecule has 2 saturated heterocycles. The Kier molecular flexibility index (Phi) is 8.73. The van der Waals surface area contributed by atoms with Gasteiger partial charge in [0.1, 0.15) is 0 Å². The number of carbonyl (C=O) groups excluding carboxylic acids is 2. The second-order valence-electron chi connectivity index (χ2n) is 9.77. The van der Waals surface area contributed by atoms with Crippen molar-refractivity contribution in [2.45, 2.75) is 6.42 Å². The van der Waals surface area contributed by atoms with Gasteiger partial charge in [-0.2, -0.15) is 0 Å². The molecule has 2 aromatic carbocycles. The number of nitrogens with zero attached hydrogens (tertiary/aromatic N) is 4. The van der Waals surface area contributed by atoms with Crippen molar-refractivity contribution in [3.05, 3.63) is 47.3 Å². The van der Waals surface area contributed by atoms with Crippen LogP contribution >= 0.6 is 11.3 Å². The van der Waals surface area contributed by atoms with Gasteiger partial charge in [-0.3, -0.25) is 9.69 Å². The van der Waals surface area contributed by atoms with Crippen LogP contribution in [0.25, 0.3) is 10.1 Å². The zero-order valence-corrected chi connectivity index (χ0v) is 23.5. The molecule has 2 aliphatic heterocycles. The van der Waals surface area contributed by atoms with E-state index in [-0.39, 0.29) is 6.09 Å². The number of piperazine rings is 2. The van der Waals surface area contributed by atoms with Gasteiger partial charge in [0, 0.05) is 86.4 Å².